The van der Waals surface area contributed by atoms with Gasteiger partial charge in [0.25, 0.3) is 5.91 Å². The second-order valence-electron chi connectivity index (χ2n) is 24.3. The van der Waals surface area contributed by atoms with Gasteiger partial charge in [0, 0.05) is 129 Å². The van der Waals surface area contributed by atoms with E-state index >= 15 is 0 Å². The van der Waals surface area contributed by atoms with Crippen molar-refractivity contribution in [3.8, 4) is 5.75 Å². The first-order chi connectivity index (χ1) is 35.5. The van der Waals surface area contributed by atoms with E-state index in [1.165, 1.54) is 5.56 Å². The van der Waals surface area contributed by atoms with Crippen molar-refractivity contribution in [2.24, 2.45) is 5.92 Å². The molecule has 6 aliphatic heterocycles. The molecule has 0 saturated carbocycles. The van der Waals surface area contributed by atoms with Crippen LogP contribution in [0.15, 0.2) is 30.6 Å². The third kappa shape index (κ3) is 17.8. The summed E-state index contributed by atoms with van der Waals surface area (Å²) in [5, 5.41) is 9.26. The molecule has 8 rings (SSSR count). The second-order valence-corrected chi connectivity index (χ2v) is 24.3. The van der Waals surface area contributed by atoms with Crippen LogP contribution in [0.1, 0.15) is 134 Å². The van der Waals surface area contributed by atoms with E-state index in [0.717, 1.165) is 161 Å². The third-order valence-corrected chi connectivity index (χ3v) is 16.2. The van der Waals surface area contributed by atoms with Crippen LogP contribution in [0.25, 0.3) is 0 Å². The van der Waals surface area contributed by atoms with Crippen LogP contribution < -0.4 is 4.74 Å². The molecular formula is C57H94N10O8. The van der Waals surface area contributed by atoms with Gasteiger partial charge in [0.05, 0.1) is 30.7 Å². The number of benzene rings is 1. The van der Waals surface area contributed by atoms with Crippen LogP contribution in [0.2, 0.25) is 0 Å². The minimum Gasteiger partial charge on any atom is -0.497 e. The number of Topliss-reactive ketones (excluding diaryl/α,β-unsaturated/α-hetero) is 1. The molecule has 6 aliphatic rings. The molecular weight excluding hydrogens is 953 g/mol. The van der Waals surface area contributed by atoms with Gasteiger partial charge >= 0.3 is 12.2 Å². The van der Waals surface area contributed by atoms with E-state index in [4.69, 9.17) is 14.2 Å². The van der Waals surface area contributed by atoms with E-state index in [1.54, 1.807) is 18.3 Å². The number of amides is 3. The highest BCUT2D eigenvalue weighted by molar-refractivity contribution is 5.96. The molecule has 1 aromatic carbocycles. The summed E-state index contributed by atoms with van der Waals surface area (Å²) in [4.78, 5) is 74.8. The van der Waals surface area contributed by atoms with E-state index < -0.39 is 11.2 Å². The number of aryl methyl sites for hydroxylation is 2. The lowest BCUT2D eigenvalue weighted by molar-refractivity contribution is -0.121. The number of hydrogen-bond acceptors (Lipinski definition) is 15. The van der Waals surface area contributed by atoms with Gasteiger partial charge in [0.15, 0.2) is 0 Å². The Balaban J connectivity index is 0.000000212. The Kier molecular flexibility index (Phi) is 21.3. The molecule has 6 fully saturated rings. The molecule has 18 nitrogen and oxygen atoms in total. The van der Waals surface area contributed by atoms with E-state index in [2.05, 4.69) is 72.6 Å². The molecule has 3 amide bonds. The lowest BCUT2D eigenvalue weighted by Gasteiger charge is -2.50. The summed E-state index contributed by atoms with van der Waals surface area (Å²) in [6, 6.07) is 8.45. The average Bonchev–Trinajstić information content (AvgIpc) is 3.37. The van der Waals surface area contributed by atoms with Gasteiger partial charge in [-0.25, -0.2) is 19.6 Å². The van der Waals surface area contributed by atoms with Gasteiger partial charge in [-0.15, -0.1) is 0 Å². The first-order valence-electron chi connectivity index (χ1n) is 27.9. The van der Waals surface area contributed by atoms with Crippen molar-refractivity contribution < 1.29 is 38.5 Å². The number of methoxy groups -OCH3 is 1. The number of piperazine rings is 2. The van der Waals surface area contributed by atoms with Gasteiger partial charge in [0.2, 0.25) is 0 Å². The molecule has 0 bridgehead atoms. The van der Waals surface area contributed by atoms with Crippen molar-refractivity contribution in [3.63, 3.8) is 0 Å². The number of aliphatic hydroxyl groups excluding tert-OH is 1. The Bertz CT molecular complexity index is 2110. The number of hydrogen-bond donors (Lipinski definition) is 1. The van der Waals surface area contributed by atoms with Crippen LogP contribution in [-0.2, 0) is 20.8 Å². The predicted molar refractivity (Wildman–Crippen MR) is 292 cm³/mol. The van der Waals surface area contributed by atoms with Crippen LogP contribution in [0.5, 0.6) is 5.75 Å². The first kappa shape index (κ1) is 59.8. The van der Waals surface area contributed by atoms with Gasteiger partial charge in [-0.05, 0) is 144 Å². The summed E-state index contributed by atoms with van der Waals surface area (Å²) in [6.07, 6.45) is 8.15. The first-order valence-corrected chi connectivity index (χ1v) is 27.9. The SMILES string of the molecule is CC(C)(C)OC(=O)N1CCC(=O)CC1.CC(C)(C)OC(=O)N1CCC(C)(N2CCC(CO)CC2)CC1.COc1ccc(CN2CCN(CN3CCN(C4(C)CCN(C(=O)c5c(C)ncnc5C)CC4)CC3)CC2)cc1. The lowest BCUT2D eigenvalue weighted by atomic mass is 9.84. The number of ether oxygens (including phenoxy) is 3. The van der Waals surface area contributed by atoms with Gasteiger partial charge in [0.1, 0.15) is 29.1 Å². The zero-order valence-electron chi connectivity index (χ0n) is 47.8. The number of carbonyl (C=O) groups is 4. The van der Waals surface area contributed by atoms with Crippen LogP contribution in [0, 0.1) is 19.8 Å². The van der Waals surface area contributed by atoms with Crippen molar-refractivity contribution in [3.05, 3.63) is 53.1 Å². The minimum absolute atomic E-state index is 0.0848. The molecule has 7 heterocycles. The number of ketones is 1. The zero-order valence-corrected chi connectivity index (χ0v) is 47.8. The van der Waals surface area contributed by atoms with E-state index in [1.807, 2.05) is 65.2 Å². The number of piperidine rings is 4. The van der Waals surface area contributed by atoms with Crippen molar-refractivity contribution in [2.75, 3.05) is 125 Å². The molecule has 2 aromatic rings. The maximum atomic E-state index is 13.2. The fourth-order valence-electron chi connectivity index (χ4n) is 11.1. The highest BCUT2D eigenvalue weighted by Gasteiger charge is 2.41. The van der Waals surface area contributed by atoms with E-state index in [-0.39, 0.29) is 35.0 Å². The summed E-state index contributed by atoms with van der Waals surface area (Å²) >= 11 is 0. The van der Waals surface area contributed by atoms with Crippen LogP contribution >= 0.6 is 0 Å². The molecule has 0 radical (unpaired) electrons. The lowest BCUT2D eigenvalue weighted by Crippen LogP contribution is -2.61. The van der Waals surface area contributed by atoms with Gasteiger partial charge in [-0.1, -0.05) is 12.1 Å². The maximum absolute atomic E-state index is 13.2. The van der Waals surface area contributed by atoms with Crippen LogP contribution in [0.4, 0.5) is 9.59 Å². The molecule has 18 heteroatoms. The molecule has 0 spiro atoms. The molecule has 1 N–H and O–H groups in total. The Hall–Kier alpha value is -4.46. The highest BCUT2D eigenvalue weighted by atomic mass is 16.6. The molecule has 6 saturated heterocycles. The summed E-state index contributed by atoms with van der Waals surface area (Å²) in [5.41, 5.74) is 3.03. The number of carbonyl (C=O) groups excluding carboxylic acids is 4. The predicted octanol–water partition coefficient (Wildman–Crippen LogP) is 6.56. The summed E-state index contributed by atoms with van der Waals surface area (Å²) in [7, 11) is 1.71. The normalized spacial score (nSPS) is 21.8. The maximum Gasteiger partial charge on any atom is 0.410 e. The average molecular weight is 1050 g/mol. The molecule has 420 valence electrons. The number of aliphatic hydroxyl groups is 1. The van der Waals surface area contributed by atoms with Gasteiger partial charge in [-0.3, -0.25) is 34.1 Å². The van der Waals surface area contributed by atoms with Gasteiger partial charge in [-0.2, -0.15) is 0 Å². The Labute approximate surface area is 449 Å². The Morgan fingerprint density at radius 1 is 0.613 bits per heavy atom. The standard InChI is InChI=1S/C30H45N7O2.C17H32N2O3.C10H17NO3/c1-24-28(25(2)32-22-31-24)29(38)36-11-9-30(3,10-12-36)37-19-17-35(18-20-37)23-34-15-13-33(14-16-34)21-26-5-7-27(39-4)8-6-26;1-16(2,3)22-15(21)18-11-7-17(4,8-12-18)19-9-5-14(13-20)6-10-19;1-10(2,3)14-9(13)11-6-4-8(12)5-7-11/h5-8,22H,9-21,23H2,1-4H3;14,20H,5-13H2,1-4H3;4-7H2,1-3H3. The molecule has 0 atom stereocenters. The number of rotatable bonds is 9. The largest absolute Gasteiger partial charge is 0.497 e. The fourth-order valence-corrected chi connectivity index (χ4v) is 11.1. The highest BCUT2D eigenvalue weighted by Crippen LogP contribution is 2.34. The third-order valence-electron chi connectivity index (χ3n) is 16.2. The Morgan fingerprint density at radius 2 is 1.04 bits per heavy atom. The topological polar surface area (TPSA) is 168 Å². The second kappa shape index (κ2) is 26.7. The van der Waals surface area contributed by atoms with Crippen LogP contribution in [-0.4, -0.2) is 226 Å². The molecule has 0 unspecified atom stereocenters. The van der Waals surface area contributed by atoms with Crippen molar-refractivity contribution in [1.29, 1.82) is 0 Å². The number of likely N-dealkylation sites (tertiary alicyclic amines) is 4. The smallest absolute Gasteiger partial charge is 0.410 e. The Morgan fingerprint density at radius 3 is 1.49 bits per heavy atom. The van der Waals surface area contributed by atoms with Crippen molar-refractivity contribution >= 4 is 23.9 Å². The summed E-state index contributed by atoms with van der Waals surface area (Å²) < 4.78 is 15.9. The van der Waals surface area contributed by atoms with Crippen LogP contribution in [0.3, 0.4) is 0 Å². The van der Waals surface area contributed by atoms with Crippen molar-refractivity contribution in [1.82, 2.24) is 49.2 Å². The minimum atomic E-state index is -0.460. The number of nitrogens with zero attached hydrogens (tertiary/aromatic N) is 10. The summed E-state index contributed by atoms with van der Waals surface area (Å²) in [5.74, 6) is 1.70. The molecule has 0 aliphatic carbocycles. The van der Waals surface area contributed by atoms with Gasteiger partial charge < -0.3 is 34.0 Å². The fraction of sp³-hybridized carbons (Fsp3) is 0.754. The van der Waals surface area contributed by atoms with E-state index in [9.17, 15) is 24.3 Å². The zero-order chi connectivity index (χ0) is 54.6. The van der Waals surface area contributed by atoms with Crippen molar-refractivity contribution in [2.45, 2.75) is 149 Å². The summed E-state index contributed by atoms with van der Waals surface area (Å²) in [6.45, 7) is 37.3. The molecule has 75 heavy (non-hydrogen) atoms. The quantitative estimate of drug-likeness (QED) is 0.287. The molecule has 1 aromatic heterocycles. The monoisotopic (exact) mass is 1050 g/mol. The van der Waals surface area contributed by atoms with E-state index in [0.29, 0.717) is 44.0 Å². The number of aromatic nitrogens is 2.